The van der Waals surface area contributed by atoms with Crippen molar-refractivity contribution in [2.75, 3.05) is 36.4 Å². The zero-order valence-electron chi connectivity index (χ0n) is 14.3. The first-order valence-corrected chi connectivity index (χ1v) is 8.69. The third kappa shape index (κ3) is 4.14. The van der Waals surface area contributed by atoms with Crippen molar-refractivity contribution in [3.63, 3.8) is 0 Å². The Bertz CT molecular complexity index is 818. The third-order valence-electron chi connectivity index (χ3n) is 4.38. The van der Waals surface area contributed by atoms with Crippen LogP contribution in [0.4, 0.5) is 20.6 Å². The van der Waals surface area contributed by atoms with Crippen molar-refractivity contribution in [3.05, 3.63) is 58.9 Å². The van der Waals surface area contributed by atoms with E-state index >= 15 is 0 Å². The number of hydrogen-bond acceptors (Lipinski definition) is 3. The van der Waals surface area contributed by atoms with Crippen LogP contribution >= 0.6 is 11.6 Å². The monoisotopic (exact) mass is 375 g/mol. The molecule has 5 nitrogen and oxygen atoms in total. The molecule has 0 aliphatic carbocycles. The van der Waals surface area contributed by atoms with Gasteiger partial charge in [-0.3, -0.25) is 4.79 Å². The molecule has 0 bridgehead atoms. The molecule has 3 rings (SSSR count). The highest BCUT2D eigenvalue weighted by atomic mass is 35.5. The van der Waals surface area contributed by atoms with Crippen LogP contribution in [0, 0.1) is 5.82 Å². The largest absolute Gasteiger partial charge is 0.368 e. The van der Waals surface area contributed by atoms with Crippen molar-refractivity contribution in [1.82, 2.24) is 4.90 Å². The Hall–Kier alpha value is -2.60. The molecular weight excluding hydrogens is 357 g/mol. The normalized spacial score (nSPS) is 14.3. The number of ketones is 1. The summed E-state index contributed by atoms with van der Waals surface area (Å²) >= 11 is 5.73. The van der Waals surface area contributed by atoms with E-state index in [0.29, 0.717) is 37.4 Å². The van der Waals surface area contributed by atoms with Gasteiger partial charge in [-0.15, -0.1) is 0 Å². The lowest BCUT2D eigenvalue weighted by Gasteiger charge is -2.36. The number of nitrogens with one attached hydrogen (secondary N) is 1. The van der Waals surface area contributed by atoms with Crippen LogP contribution < -0.4 is 10.2 Å². The maximum atomic E-state index is 13.2. The van der Waals surface area contributed by atoms with E-state index in [-0.39, 0.29) is 16.8 Å². The Morgan fingerprint density at radius 2 is 1.69 bits per heavy atom. The number of halogens is 2. The molecule has 1 aliphatic heterocycles. The fraction of sp³-hybridized carbons (Fsp3) is 0.263. The third-order valence-corrected chi connectivity index (χ3v) is 4.67. The van der Waals surface area contributed by atoms with Gasteiger partial charge in [-0.1, -0.05) is 11.6 Å². The van der Waals surface area contributed by atoms with Crippen molar-refractivity contribution in [2.24, 2.45) is 0 Å². The molecule has 1 fully saturated rings. The van der Waals surface area contributed by atoms with E-state index in [1.165, 1.54) is 18.2 Å². The van der Waals surface area contributed by atoms with E-state index < -0.39 is 5.82 Å². The number of carbonyl (C=O) groups is 2. The second-order valence-corrected chi connectivity index (χ2v) is 6.54. The lowest BCUT2D eigenvalue weighted by atomic mass is 10.1. The quantitative estimate of drug-likeness (QED) is 0.824. The van der Waals surface area contributed by atoms with E-state index in [2.05, 4.69) is 10.2 Å². The summed E-state index contributed by atoms with van der Waals surface area (Å²) in [6.45, 7) is 4.05. The maximum Gasteiger partial charge on any atom is 0.321 e. The summed E-state index contributed by atoms with van der Waals surface area (Å²) < 4.78 is 13.2. The molecule has 2 aromatic carbocycles. The Labute approximate surface area is 156 Å². The number of anilines is 2. The summed E-state index contributed by atoms with van der Waals surface area (Å²) in [6.07, 6.45) is 0. The predicted octanol–water partition coefficient (Wildman–Crippen LogP) is 4.04. The van der Waals surface area contributed by atoms with Gasteiger partial charge < -0.3 is 15.1 Å². The Morgan fingerprint density at radius 3 is 2.27 bits per heavy atom. The minimum atomic E-state index is -0.519. The number of carbonyl (C=O) groups excluding carboxylic acids is 2. The fourth-order valence-corrected chi connectivity index (χ4v) is 3.03. The van der Waals surface area contributed by atoms with Crippen LogP contribution in [-0.4, -0.2) is 42.9 Å². The topological polar surface area (TPSA) is 52.7 Å². The number of piperazine rings is 1. The van der Waals surface area contributed by atoms with Gasteiger partial charge in [0.05, 0.1) is 5.02 Å². The molecule has 1 N–H and O–H groups in total. The van der Waals surface area contributed by atoms with Crippen LogP contribution in [-0.2, 0) is 0 Å². The lowest BCUT2D eigenvalue weighted by molar-refractivity contribution is 0.101. The van der Waals surface area contributed by atoms with Gasteiger partial charge in [0.25, 0.3) is 0 Å². The van der Waals surface area contributed by atoms with Crippen molar-refractivity contribution in [1.29, 1.82) is 0 Å². The summed E-state index contributed by atoms with van der Waals surface area (Å²) in [5, 5.41) is 2.71. The van der Waals surface area contributed by atoms with Crippen LogP contribution in [0.5, 0.6) is 0 Å². The molecule has 0 saturated carbocycles. The molecule has 0 aromatic heterocycles. The number of nitrogens with zero attached hydrogens (tertiary/aromatic N) is 2. The highest BCUT2D eigenvalue weighted by molar-refractivity contribution is 6.31. The van der Waals surface area contributed by atoms with E-state index in [9.17, 15) is 14.0 Å². The molecule has 0 atom stereocenters. The summed E-state index contributed by atoms with van der Waals surface area (Å²) in [5.41, 5.74) is 2.17. The summed E-state index contributed by atoms with van der Waals surface area (Å²) in [5.74, 6) is -0.479. The first kappa shape index (κ1) is 18.2. The Balaban J connectivity index is 1.56. The van der Waals surface area contributed by atoms with Gasteiger partial charge in [0, 0.05) is 43.1 Å². The van der Waals surface area contributed by atoms with Crippen molar-refractivity contribution in [3.8, 4) is 0 Å². The minimum Gasteiger partial charge on any atom is -0.368 e. The van der Waals surface area contributed by atoms with Gasteiger partial charge in [0.1, 0.15) is 5.82 Å². The molecule has 1 heterocycles. The van der Waals surface area contributed by atoms with Crippen molar-refractivity contribution in [2.45, 2.75) is 6.92 Å². The number of Topliss-reactive ketones (excluding diaryl/α,β-unsaturated/α-hetero) is 1. The lowest BCUT2D eigenvalue weighted by Crippen LogP contribution is -2.50. The Morgan fingerprint density at radius 1 is 1.04 bits per heavy atom. The molecule has 136 valence electrons. The summed E-state index contributed by atoms with van der Waals surface area (Å²) in [6, 6.07) is 11.3. The van der Waals surface area contributed by atoms with Gasteiger partial charge in [-0.2, -0.15) is 0 Å². The maximum absolute atomic E-state index is 13.2. The molecule has 1 saturated heterocycles. The summed E-state index contributed by atoms with van der Waals surface area (Å²) in [4.78, 5) is 27.6. The molecule has 2 aromatic rings. The molecular formula is C19H19ClFN3O2. The number of urea groups is 1. The molecule has 0 spiro atoms. The SMILES string of the molecule is CC(=O)c1ccc(N2CCN(C(=O)Nc3ccc(F)c(Cl)c3)CC2)cc1. The second kappa shape index (κ2) is 7.74. The van der Waals surface area contributed by atoms with Crippen LogP contribution in [0.25, 0.3) is 0 Å². The first-order chi connectivity index (χ1) is 12.4. The van der Waals surface area contributed by atoms with E-state index in [4.69, 9.17) is 11.6 Å². The molecule has 0 unspecified atom stereocenters. The fourth-order valence-electron chi connectivity index (χ4n) is 2.85. The van der Waals surface area contributed by atoms with Gasteiger partial charge >= 0.3 is 6.03 Å². The van der Waals surface area contributed by atoms with Crippen LogP contribution in [0.1, 0.15) is 17.3 Å². The number of rotatable bonds is 3. The smallest absolute Gasteiger partial charge is 0.321 e. The molecule has 1 aliphatic rings. The van der Waals surface area contributed by atoms with Gasteiger partial charge in [0.15, 0.2) is 5.78 Å². The number of amides is 2. The van der Waals surface area contributed by atoms with E-state index in [1.807, 2.05) is 24.3 Å². The van der Waals surface area contributed by atoms with Crippen LogP contribution in [0.15, 0.2) is 42.5 Å². The second-order valence-electron chi connectivity index (χ2n) is 6.14. The molecule has 7 heteroatoms. The number of benzene rings is 2. The van der Waals surface area contributed by atoms with Crippen molar-refractivity contribution >= 4 is 34.8 Å². The van der Waals surface area contributed by atoms with Gasteiger partial charge in [0.2, 0.25) is 0 Å². The average Bonchev–Trinajstić information content (AvgIpc) is 2.65. The molecule has 2 amide bonds. The zero-order chi connectivity index (χ0) is 18.7. The van der Waals surface area contributed by atoms with Gasteiger partial charge in [-0.25, -0.2) is 9.18 Å². The minimum absolute atomic E-state index is 0.0263. The first-order valence-electron chi connectivity index (χ1n) is 8.31. The van der Waals surface area contributed by atoms with Crippen LogP contribution in [0.3, 0.4) is 0 Å². The number of hydrogen-bond donors (Lipinski definition) is 1. The van der Waals surface area contributed by atoms with Crippen molar-refractivity contribution < 1.29 is 14.0 Å². The van der Waals surface area contributed by atoms with Crippen LogP contribution in [0.2, 0.25) is 5.02 Å². The highest BCUT2D eigenvalue weighted by Gasteiger charge is 2.21. The summed E-state index contributed by atoms with van der Waals surface area (Å²) in [7, 11) is 0. The molecule has 0 radical (unpaired) electrons. The Kier molecular flexibility index (Phi) is 5.42. The average molecular weight is 376 g/mol. The van der Waals surface area contributed by atoms with Gasteiger partial charge in [-0.05, 0) is 49.4 Å². The highest BCUT2D eigenvalue weighted by Crippen LogP contribution is 2.21. The standard InChI is InChI=1S/C19H19ClFN3O2/c1-13(25)14-2-5-16(6-3-14)23-8-10-24(11-9-23)19(26)22-15-4-7-18(21)17(20)12-15/h2-7,12H,8-11H2,1H3,(H,22,26). The molecule has 26 heavy (non-hydrogen) atoms. The van der Waals surface area contributed by atoms with E-state index in [0.717, 1.165) is 5.69 Å². The van der Waals surface area contributed by atoms with E-state index in [1.54, 1.807) is 11.8 Å². The predicted molar refractivity (Wildman–Crippen MR) is 101 cm³/mol. The zero-order valence-corrected chi connectivity index (χ0v) is 15.1.